The Morgan fingerprint density at radius 2 is 0.951 bits per heavy atom. The number of hydrogen-bond donors (Lipinski definition) is 4. The Morgan fingerprint density at radius 3 is 1.41 bits per heavy atom. The molecule has 0 bridgehead atoms. The molecule has 61 heavy (non-hydrogen) atoms. The maximum absolute atomic E-state index is 12.8. The van der Waals surface area contributed by atoms with Gasteiger partial charge in [-0.05, 0) is 44.9 Å². The first-order valence-electron chi connectivity index (χ1n) is 25.9. The van der Waals surface area contributed by atoms with Gasteiger partial charge in [0.2, 0.25) is 0 Å². The lowest BCUT2D eigenvalue weighted by Crippen LogP contribution is -2.59. The Kier molecular flexibility index (Phi) is 41.5. The highest BCUT2D eigenvalue weighted by Gasteiger charge is 2.44. The second-order valence-corrected chi connectivity index (χ2v) is 18.0. The summed E-state index contributed by atoms with van der Waals surface area (Å²) in [5, 5.41) is 40.2. The van der Waals surface area contributed by atoms with E-state index in [1.807, 2.05) is 0 Å². The van der Waals surface area contributed by atoms with Gasteiger partial charge < -0.3 is 39.4 Å². The lowest BCUT2D eigenvalue weighted by atomic mass is 9.99. The second-order valence-electron chi connectivity index (χ2n) is 18.0. The molecule has 6 unspecified atom stereocenters. The third-order valence-corrected chi connectivity index (χ3v) is 12.1. The van der Waals surface area contributed by atoms with E-state index in [-0.39, 0.29) is 19.2 Å². The number of unbranched alkanes of at least 4 members (excludes halogenated alkanes) is 30. The molecule has 0 spiro atoms. The molecule has 4 N–H and O–H groups in total. The highest BCUT2D eigenvalue weighted by atomic mass is 16.7. The minimum atomic E-state index is -1.53. The van der Waals surface area contributed by atoms with Gasteiger partial charge in [0.05, 0.1) is 19.8 Å². The fraction of sp³-hybridized carbons (Fsp3) is 0.904. The maximum Gasteiger partial charge on any atom is 0.306 e. The number of hydrogen-bond acceptors (Lipinski definition) is 9. The number of ether oxygens (including phenoxy) is 4. The summed E-state index contributed by atoms with van der Waals surface area (Å²) in [7, 11) is 0. The average Bonchev–Trinajstić information content (AvgIpc) is 3.26. The predicted octanol–water partition coefficient (Wildman–Crippen LogP) is 12.5. The molecule has 9 heteroatoms. The summed E-state index contributed by atoms with van der Waals surface area (Å²) in [5.74, 6) is -0.310. The van der Waals surface area contributed by atoms with Gasteiger partial charge in [-0.25, -0.2) is 0 Å². The molecule has 1 saturated heterocycles. The topological polar surface area (TPSA) is 135 Å². The van der Waals surface area contributed by atoms with E-state index in [1.54, 1.807) is 0 Å². The van der Waals surface area contributed by atoms with Crippen LogP contribution in [-0.4, -0.2) is 89.6 Å². The minimum absolute atomic E-state index is 0.110. The molecular weight excluding hydrogens is 769 g/mol. The fourth-order valence-electron chi connectivity index (χ4n) is 8.05. The molecule has 1 rings (SSSR count). The molecule has 0 aromatic rings. The van der Waals surface area contributed by atoms with Crippen molar-refractivity contribution in [3.8, 4) is 0 Å². The molecule has 0 saturated carbocycles. The molecule has 0 radical (unpaired) electrons. The van der Waals surface area contributed by atoms with E-state index in [1.165, 1.54) is 180 Å². The molecule has 0 amide bonds. The highest BCUT2D eigenvalue weighted by Crippen LogP contribution is 2.23. The summed E-state index contributed by atoms with van der Waals surface area (Å²) < 4.78 is 22.9. The van der Waals surface area contributed by atoms with Crippen LogP contribution in [-0.2, 0) is 23.7 Å². The summed E-state index contributed by atoms with van der Waals surface area (Å²) in [5.41, 5.74) is 0. The van der Waals surface area contributed by atoms with Crippen LogP contribution in [0.1, 0.15) is 239 Å². The van der Waals surface area contributed by atoms with Crippen LogP contribution < -0.4 is 0 Å². The Labute approximate surface area is 375 Å². The molecule has 6 atom stereocenters. The van der Waals surface area contributed by atoms with Crippen molar-refractivity contribution >= 4 is 5.97 Å². The number of aliphatic hydroxyl groups is 4. The van der Waals surface area contributed by atoms with Crippen LogP contribution in [0.15, 0.2) is 24.3 Å². The summed E-state index contributed by atoms with van der Waals surface area (Å²) in [6.07, 6.45) is 44.9. The van der Waals surface area contributed by atoms with Crippen LogP contribution in [0, 0.1) is 0 Å². The quantitative estimate of drug-likeness (QED) is 0.0268. The fourth-order valence-corrected chi connectivity index (χ4v) is 8.05. The van der Waals surface area contributed by atoms with Crippen LogP contribution in [0.25, 0.3) is 0 Å². The highest BCUT2D eigenvalue weighted by molar-refractivity contribution is 5.69. The average molecular weight is 867 g/mol. The van der Waals surface area contributed by atoms with Gasteiger partial charge in [-0.15, -0.1) is 0 Å². The van der Waals surface area contributed by atoms with Crippen molar-refractivity contribution in [3.63, 3.8) is 0 Å². The number of rotatable bonds is 45. The molecule has 1 aliphatic heterocycles. The van der Waals surface area contributed by atoms with E-state index in [2.05, 4.69) is 38.2 Å². The Balaban J connectivity index is 2.19. The Hall–Kier alpha value is -1.33. The SMILES string of the molecule is CCCCCCC/C=C\C/C=C\CCCCCCCCCCCCOCC(COC1OC(CO)C(O)C(O)C1O)OC(=O)CCCCCCCCCCCCCCCCCC. The maximum atomic E-state index is 12.8. The third-order valence-electron chi connectivity index (χ3n) is 12.1. The molecule has 360 valence electrons. The normalized spacial score (nSPS) is 20.0. The van der Waals surface area contributed by atoms with Crippen molar-refractivity contribution in [2.24, 2.45) is 0 Å². The van der Waals surface area contributed by atoms with E-state index in [9.17, 15) is 25.2 Å². The van der Waals surface area contributed by atoms with Gasteiger partial charge in [-0.2, -0.15) is 0 Å². The molecule has 0 aliphatic carbocycles. The predicted molar refractivity (Wildman–Crippen MR) is 252 cm³/mol. The Morgan fingerprint density at radius 1 is 0.525 bits per heavy atom. The third kappa shape index (κ3) is 34.7. The van der Waals surface area contributed by atoms with Crippen LogP contribution in [0.2, 0.25) is 0 Å². The van der Waals surface area contributed by atoms with Crippen molar-refractivity contribution in [2.45, 2.75) is 275 Å². The van der Waals surface area contributed by atoms with Crippen LogP contribution in [0.5, 0.6) is 0 Å². The lowest BCUT2D eigenvalue weighted by molar-refractivity contribution is -0.305. The summed E-state index contributed by atoms with van der Waals surface area (Å²) in [6, 6.07) is 0. The number of esters is 1. The van der Waals surface area contributed by atoms with Crippen molar-refractivity contribution in [2.75, 3.05) is 26.4 Å². The summed E-state index contributed by atoms with van der Waals surface area (Å²) in [6.45, 7) is 4.58. The van der Waals surface area contributed by atoms with Gasteiger partial charge in [0.15, 0.2) is 6.29 Å². The first-order valence-corrected chi connectivity index (χ1v) is 25.9. The molecule has 9 nitrogen and oxygen atoms in total. The summed E-state index contributed by atoms with van der Waals surface area (Å²) in [4.78, 5) is 12.8. The Bertz CT molecular complexity index is 988. The monoisotopic (exact) mass is 867 g/mol. The van der Waals surface area contributed by atoms with E-state index < -0.39 is 43.4 Å². The van der Waals surface area contributed by atoms with Gasteiger partial charge in [0.25, 0.3) is 0 Å². The second kappa shape index (κ2) is 43.9. The minimum Gasteiger partial charge on any atom is -0.457 e. The molecule has 1 heterocycles. The number of allylic oxidation sites excluding steroid dienone is 4. The zero-order valence-corrected chi connectivity index (χ0v) is 39.7. The zero-order chi connectivity index (χ0) is 44.3. The molecule has 0 aromatic heterocycles. The molecule has 1 fully saturated rings. The largest absolute Gasteiger partial charge is 0.457 e. The van der Waals surface area contributed by atoms with E-state index >= 15 is 0 Å². The standard InChI is InChI=1S/C52H98O9/c1-3-5-7-9-11-13-15-17-19-21-22-23-24-25-26-28-30-32-34-36-38-40-42-58-44-46(45-59-52-51(57)50(56)49(55)47(43-53)61-52)60-48(54)41-39-37-35-33-31-29-27-20-18-16-14-12-10-8-6-4-2/h15,17,21-22,46-47,49-53,55-57H,3-14,16,18-20,23-45H2,1-2H3/b17-15-,22-21-. The van der Waals surface area contributed by atoms with Crippen molar-refractivity contribution in [1.82, 2.24) is 0 Å². The smallest absolute Gasteiger partial charge is 0.306 e. The van der Waals surface area contributed by atoms with Gasteiger partial charge in [-0.3, -0.25) is 4.79 Å². The van der Waals surface area contributed by atoms with Crippen molar-refractivity contribution < 1.29 is 44.2 Å². The van der Waals surface area contributed by atoms with Crippen LogP contribution in [0.4, 0.5) is 0 Å². The van der Waals surface area contributed by atoms with Crippen LogP contribution >= 0.6 is 0 Å². The van der Waals surface area contributed by atoms with Crippen molar-refractivity contribution in [3.05, 3.63) is 24.3 Å². The van der Waals surface area contributed by atoms with E-state index in [0.29, 0.717) is 13.0 Å². The number of carbonyl (C=O) groups excluding carboxylic acids is 1. The van der Waals surface area contributed by atoms with Gasteiger partial charge >= 0.3 is 5.97 Å². The van der Waals surface area contributed by atoms with Gasteiger partial charge in [0, 0.05) is 13.0 Å². The molecule has 1 aliphatic rings. The molecule has 0 aromatic carbocycles. The number of aliphatic hydroxyl groups excluding tert-OH is 4. The van der Waals surface area contributed by atoms with Crippen LogP contribution in [0.3, 0.4) is 0 Å². The van der Waals surface area contributed by atoms with Crippen molar-refractivity contribution in [1.29, 1.82) is 0 Å². The summed E-state index contributed by atoms with van der Waals surface area (Å²) >= 11 is 0. The van der Waals surface area contributed by atoms with E-state index in [0.717, 1.165) is 38.5 Å². The van der Waals surface area contributed by atoms with E-state index in [4.69, 9.17) is 18.9 Å². The van der Waals surface area contributed by atoms with Gasteiger partial charge in [0.1, 0.15) is 30.5 Å². The number of carbonyl (C=O) groups is 1. The van der Waals surface area contributed by atoms with Gasteiger partial charge in [-0.1, -0.05) is 212 Å². The lowest BCUT2D eigenvalue weighted by Gasteiger charge is -2.39. The zero-order valence-electron chi connectivity index (χ0n) is 39.7. The first-order chi connectivity index (χ1) is 29.9. The first kappa shape index (κ1) is 57.7. The molecular formula is C52H98O9.